The second-order valence-corrected chi connectivity index (χ2v) is 3.06. The van der Waals surface area contributed by atoms with Crippen LogP contribution in [0.4, 0.5) is 4.79 Å². The van der Waals surface area contributed by atoms with Gasteiger partial charge in [-0.2, -0.15) is 0 Å². The minimum atomic E-state index is -0.801. The molecule has 0 radical (unpaired) electrons. The fourth-order valence-electron chi connectivity index (χ4n) is 1.22. The molecule has 0 aliphatic carbocycles. The lowest BCUT2D eigenvalue weighted by molar-refractivity contribution is 0.0893. The molecule has 1 atom stereocenters. The molecule has 1 N–H and O–H groups in total. The van der Waals surface area contributed by atoms with Crippen LogP contribution in [0.2, 0.25) is 0 Å². The highest BCUT2D eigenvalue weighted by atomic mass is 35.5. The van der Waals surface area contributed by atoms with Crippen molar-refractivity contribution in [3.8, 4) is 0 Å². The minimum Gasteiger partial charge on any atom is -0.465 e. The summed E-state index contributed by atoms with van der Waals surface area (Å²) >= 11 is 0. The number of hydrogen-bond donors (Lipinski definition) is 1. The molecule has 1 fully saturated rings. The molecule has 0 spiro atoms. The summed E-state index contributed by atoms with van der Waals surface area (Å²) in [5.74, 6) is 0. The van der Waals surface area contributed by atoms with E-state index in [1.165, 1.54) is 4.90 Å². The number of amides is 1. The quantitative estimate of drug-likeness (QED) is 0.618. The van der Waals surface area contributed by atoms with Crippen molar-refractivity contribution in [2.45, 2.75) is 13.0 Å². The van der Waals surface area contributed by atoms with Gasteiger partial charge in [0.15, 0.2) is 0 Å². The Balaban J connectivity index is 0.00000121. The molecule has 0 unspecified atom stereocenters. The Labute approximate surface area is 78.6 Å². The number of halogens is 1. The van der Waals surface area contributed by atoms with Gasteiger partial charge in [-0.3, -0.25) is 0 Å². The highest BCUT2D eigenvalue weighted by Gasteiger charge is 2.23. The summed E-state index contributed by atoms with van der Waals surface area (Å²) in [6.45, 7) is 4.14. The van der Waals surface area contributed by atoms with E-state index >= 15 is 0 Å². The van der Waals surface area contributed by atoms with Gasteiger partial charge in [-0.1, -0.05) is 0 Å². The first-order chi connectivity index (χ1) is 5.11. The largest absolute Gasteiger partial charge is 0.465 e. The van der Waals surface area contributed by atoms with Crippen molar-refractivity contribution in [2.75, 3.05) is 26.7 Å². The van der Waals surface area contributed by atoms with Crippen LogP contribution < -0.4 is 0 Å². The maximum atomic E-state index is 10.5. The average molecular weight is 195 g/mol. The summed E-state index contributed by atoms with van der Waals surface area (Å²) in [6, 6.07) is 0.347. The Morgan fingerprint density at radius 3 is 2.50 bits per heavy atom. The van der Waals surface area contributed by atoms with Gasteiger partial charge in [0.25, 0.3) is 0 Å². The molecule has 5 heteroatoms. The van der Waals surface area contributed by atoms with Crippen molar-refractivity contribution in [3.05, 3.63) is 0 Å². The first-order valence-corrected chi connectivity index (χ1v) is 3.79. The number of carboxylic acid groups (broad SMARTS) is 1. The molecule has 1 amide bonds. The van der Waals surface area contributed by atoms with Crippen molar-refractivity contribution in [1.82, 2.24) is 9.80 Å². The van der Waals surface area contributed by atoms with Crippen LogP contribution >= 0.6 is 12.4 Å². The van der Waals surface area contributed by atoms with Gasteiger partial charge in [-0.05, 0) is 14.0 Å². The van der Waals surface area contributed by atoms with E-state index in [4.69, 9.17) is 5.11 Å². The Morgan fingerprint density at radius 1 is 1.50 bits per heavy atom. The number of carbonyl (C=O) groups is 1. The maximum Gasteiger partial charge on any atom is 0.407 e. The Morgan fingerprint density at radius 2 is 2.08 bits per heavy atom. The lowest BCUT2D eigenvalue weighted by atomic mass is 10.2. The van der Waals surface area contributed by atoms with Crippen LogP contribution in [0.1, 0.15) is 6.92 Å². The Hall–Kier alpha value is -0.480. The van der Waals surface area contributed by atoms with Crippen molar-refractivity contribution in [2.24, 2.45) is 0 Å². The summed E-state index contributed by atoms with van der Waals surface area (Å²) < 4.78 is 0. The molecule has 0 bridgehead atoms. The van der Waals surface area contributed by atoms with Crippen molar-refractivity contribution >= 4 is 18.5 Å². The lowest BCUT2D eigenvalue weighted by Crippen LogP contribution is -2.51. The third kappa shape index (κ3) is 2.53. The summed E-state index contributed by atoms with van der Waals surface area (Å²) in [4.78, 5) is 14.1. The van der Waals surface area contributed by atoms with Gasteiger partial charge in [0.1, 0.15) is 0 Å². The van der Waals surface area contributed by atoms with Gasteiger partial charge < -0.3 is 14.9 Å². The van der Waals surface area contributed by atoms with Gasteiger partial charge in [-0.15, -0.1) is 12.4 Å². The third-order valence-corrected chi connectivity index (χ3v) is 2.23. The number of piperazine rings is 1. The van der Waals surface area contributed by atoms with Crippen LogP contribution in [0.5, 0.6) is 0 Å². The van der Waals surface area contributed by atoms with Crippen LogP contribution in [0.25, 0.3) is 0 Å². The summed E-state index contributed by atoms with van der Waals surface area (Å²) in [7, 11) is 2.02. The predicted molar refractivity (Wildman–Crippen MR) is 48.9 cm³/mol. The first kappa shape index (κ1) is 11.5. The molecule has 0 aromatic carbocycles. The average Bonchev–Trinajstić information content (AvgIpc) is 1.94. The normalized spacial score (nSPS) is 24.8. The molecule has 4 nitrogen and oxygen atoms in total. The SMILES string of the molecule is C[C@@H]1CN(C(=O)O)CCN1C.Cl. The Bertz CT molecular complexity index is 165. The lowest BCUT2D eigenvalue weighted by Gasteiger charge is -2.35. The summed E-state index contributed by atoms with van der Waals surface area (Å²) in [6.07, 6.45) is -0.801. The molecule has 1 aliphatic rings. The number of nitrogens with zero attached hydrogens (tertiary/aromatic N) is 2. The van der Waals surface area contributed by atoms with Crippen LogP contribution in [0, 0.1) is 0 Å². The van der Waals surface area contributed by atoms with Crippen LogP contribution in [-0.4, -0.2) is 53.7 Å². The molecule has 1 heterocycles. The fourth-order valence-corrected chi connectivity index (χ4v) is 1.22. The van der Waals surface area contributed by atoms with Gasteiger partial charge in [0.05, 0.1) is 0 Å². The second kappa shape index (κ2) is 4.52. The molecule has 0 aromatic rings. The third-order valence-electron chi connectivity index (χ3n) is 2.23. The monoisotopic (exact) mass is 194 g/mol. The minimum absolute atomic E-state index is 0. The van der Waals surface area contributed by atoms with E-state index in [0.717, 1.165) is 6.54 Å². The molecule has 0 saturated carbocycles. The maximum absolute atomic E-state index is 10.5. The molecular formula is C7H15ClN2O2. The van der Waals surface area contributed by atoms with Crippen molar-refractivity contribution < 1.29 is 9.90 Å². The van der Waals surface area contributed by atoms with Crippen LogP contribution in [0.3, 0.4) is 0 Å². The smallest absolute Gasteiger partial charge is 0.407 e. The summed E-state index contributed by atoms with van der Waals surface area (Å²) in [5.41, 5.74) is 0. The van der Waals surface area contributed by atoms with Crippen LogP contribution in [0.15, 0.2) is 0 Å². The number of likely N-dealkylation sites (N-methyl/N-ethyl adjacent to an activating group) is 1. The zero-order valence-electron chi connectivity index (χ0n) is 7.36. The van der Waals surface area contributed by atoms with E-state index in [-0.39, 0.29) is 12.4 Å². The zero-order valence-corrected chi connectivity index (χ0v) is 8.17. The standard InChI is InChI=1S/C7H14N2O2.ClH/c1-6-5-9(7(10)11)4-3-8(6)2;/h6H,3-5H2,1-2H3,(H,10,11);1H/t6-;/m1./s1. The van der Waals surface area contributed by atoms with Crippen LogP contribution in [-0.2, 0) is 0 Å². The van der Waals surface area contributed by atoms with Crippen molar-refractivity contribution in [3.63, 3.8) is 0 Å². The highest BCUT2D eigenvalue weighted by molar-refractivity contribution is 5.85. The molecule has 12 heavy (non-hydrogen) atoms. The van der Waals surface area contributed by atoms with Crippen molar-refractivity contribution in [1.29, 1.82) is 0 Å². The summed E-state index contributed by atoms with van der Waals surface area (Å²) in [5, 5.41) is 8.65. The fraction of sp³-hybridized carbons (Fsp3) is 0.857. The number of rotatable bonds is 0. The molecule has 0 aromatic heterocycles. The zero-order chi connectivity index (χ0) is 8.43. The predicted octanol–water partition coefficient (Wildman–Crippen LogP) is 0.722. The van der Waals surface area contributed by atoms with E-state index in [1.54, 1.807) is 0 Å². The van der Waals surface area contributed by atoms with E-state index in [0.29, 0.717) is 19.1 Å². The van der Waals surface area contributed by atoms with Gasteiger partial charge >= 0.3 is 6.09 Å². The molecular weight excluding hydrogens is 180 g/mol. The van der Waals surface area contributed by atoms with Gasteiger partial charge in [0, 0.05) is 25.7 Å². The number of hydrogen-bond acceptors (Lipinski definition) is 2. The topological polar surface area (TPSA) is 43.8 Å². The highest BCUT2D eigenvalue weighted by Crippen LogP contribution is 2.06. The van der Waals surface area contributed by atoms with E-state index < -0.39 is 6.09 Å². The van der Waals surface area contributed by atoms with Gasteiger partial charge in [0.2, 0.25) is 0 Å². The molecule has 1 saturated heterocycles. The van der Waals surface area contributed by atoms with E-state index in [1.807, 2.05) is 14.0 Å². The van der Waals surface area contributed by atoms with Gasteiger partial charge in [-0.25, -0.2) is 4.79 Å². The van der Waals surface area contributed by atoms with E-state index in [9.17, 15) is 4.79 Å². The Kier molecular flexibility index (Phi) is 4.34. The molecule has 1 aliphatic heterocycles. The first-order valence-electron chi connectivity index (χ1n) is 3.79. The molecule has 1 rings (SSSR count). The second-order valence-electron chi connectivity index (χ2n) is 3.06. The molecule has 72 valence electrons. The van der Waals surface area contributed by atoms with E-state index in [2.05, 4.69) is 4.90 Å².